The van der Waals surface area contributed by atoms with Crippen molar-refractivity contribution in [3.8, 4) is 71.5 Å². The molecule has 8 atom stereocenters. The van der Waals surface area contributed by atoms with Gasteiger partial charge in [0.2, 0.25) is 0 Å². The van der Waals surface area contributed by atoms with Crippen molar-refractivity contribution in [3.05, 3.63) is 0 Å². The molecule has 26 heteroatoms. The molecule has 0 saturated heterocycles. The van der Waals surface area contributed by atoms with E-state index < -0.39 is 99.2 Å². The highest BCUT2D eigenvalue weighted by molar-refractivity contribution is 7.47. The standard InChI is InChI=1S/C38H52O22P4/c1-3-5-7-9-11-13-15-16-17-19-21-23-25-27-32(40)56-30(28-54-31(39)26-24-22-20-18-14-12-10-8-6-4-2)29-55-64(52,53)60-35-33(41)36(57-61(43,44)45)38(59-63(49,50)51)37(34(35)42)58-62(46,47)48/h2,30,33-38,41-42H,3,5,7,9,11,13,15-17,19,21,23,25,27-29H2,1H3,(H,52,53)(H2,43,44,45)(H2,46,47,48)(H2,49,50,51)/t30-,33+,34?,35?,36+,37-,38?/m1/s1. The maximum Gasteiger partial charge on any atom is 0.472 e. The van der Waals surface area contributed by atoms with Gasteiger partial charge in [-0.2, -0.15) is 0 Å². The molecule has 1 fully saturated rings. The topological polar surface area (TPSA) is 349 Å². The number of aliphatic hydroxyl groups is 2. The molecule has 0 amide bonds. The van der Waals surface area contributed by atoms with Gasteiger partial charge in [-0.05, 0) is 65.6 Å². The number of phosphoric acid groups is 4. The summed E-state index contributed by atoms with van der Waals surface area (Å²) in [4.78, 5) is 91.8. The Balaban J connectivity index is 3.11. The average molecular weight is 985 g/mol. The van der Waals surface area contributed by atoms with E-state index in [1.807, 2.05) is 5.92 Å². The zero-order valence-electron chi connectivity index (χ0n) is 34.6. The minimum Gasteiger partial charge on any atom is -0.456 e. The molecule has 9 N–H and O–H groups in total. The van der Waals surface area contributed by atoms with Gasteiger partial charge in [-0.25, -0.2) is 23.1 Å². The highest BCUT2D eigenvalue weighted by atomic mass is 31.2. The first-order valence-corrected chi connectivity index (χ1v) is 25.6. The van der Waals surface area contributed by atoms with Gasteiger partial charge in [0, 0.05) is 12.3 Å². The van der Waals surface area contributed by atoms with Crippen molar-refractivity contribution in [2.75, 3.05) is 13.2 Å². The smallest absolute Gasteiger partial charge is 0.456 e. The first-order chi connectivity index (χ1) is 30.0. The van der Waals surface area contributed by atoms with Crippen molar-refractivity contribution in [2.24, 2.45) is 0 Å². The lowest BCUT2D eigenvalue weighted by Crippen LogP contribution is -2.65. The zero-order valence-corrected chi connectivity index (χ0v) is 38.1. The highest BCUT2D eigenvalue weighted by Gasteiger charge is 2.59. The molecule has 0 bridgehead atoms. The van der Waals surface area contributed by atoms with Gasteiger partial charge >= 0.3 is 43.2 Å². The largest absolute Gasteiger partial charge is 0.472 e. The summed E-state index contributed by atoms with van der Waals surface area (Å²) in [5.41, 5.74) is 0. The van der Waals surface area contributed by atoms with E-state index in [2.05, 4.69) is 79.7 Å². The number of hydrogen-bond donors (Lipinski definition) is 9. The molecule has 0 aromatic heterocycles. The first kappa shape index (κ1) is 58.7. The normalized spacial score (nSPS) is 20.8. The second kappa shape index (κ2) is 30.8. The predicted octanol–water partition coefficient (Wildman–Crippen LogP) is 2.24. The quantitative estimate of drug-likeness (QED) is 0.0178. The summed E-state index contributed by atoms with van der Waals surface area (Å²) in [7, 11) is -23.2. The van der Waals surface area contributed by atoms with E-state index in [0.29, 0.717) is 12.8 Å². The van der Waals surface area contributed by atoms with Crippen molar-refractivity contribution in [1.29, 1.82) is 0 Å². The average Bonchev–Trinajstić information content (AvgIpc) is 3.18. The Bertz CT molecular complexity index is 2030. The van der Waals surface area contributed by atoms with E-state index in [0.717, 1.165) is 32.1 Å². The summed E-state index contributed by atoms with van der Waals surface area (Å²) < 4.78 is 81.0. The van der Waals surface area contributed by atoms with Crippen molar-refractivity contribution in [3.63, 3.8) is 0 Å². The number of carbonyl (C=O) groups is 2. The molecule has 1 aliphatic rings. The van der Waals surface area contributed by atoms with Gasteiger partial charge in [0.05, 0.1) is 6.61 Å². The predicted molar refractivity (Wildman–Crippen MR) is 222 cm³/mol. The number of phosphoric ester groups is 4. The molecule has 1 rings (SSSR count). The number of unbranched alkanes of at least 4 members (excludes halogenated alkanes) is 12. The summed E-state index contributed by atoms with van der Waals surface area (Å²) in [6.07, 6.45) is -0.0635. The van der Waals surface area contributed by atoms with E-state index >= 15 is 0 Å². The van der Waals surface area contributed by atoms with Crippen LogP contribution in [-0.4, -0.2) is 112 Å². The number of ether oxygens (including phenoxy) is 2. The SMILES string of the molecule is C#CC#CC#CC#CC#CC#CC(=O)OC[C@H](COP(=O)(O)OC1C(O)[C@@H](OP(=O)(O)O)C(OP(=O)(O)O)[C@@H](OP(=O)(O)O)[C@H]1O)OC(=O)CCCCCCCCCCCCCCC. The monoisotopic (exact) mass is 984 g/mol. The van der Waals surface area contributed by atoms with Crippen LogP contribution in [0.4, 0.5) is 0 Å². The molecule has 0 aromatic carbocycles. The number of hydrogen-bond acceptors (Lipinski definition) is 15. The van der Waals surface area contributed by atoms with Crippen LogP contribution in [0.15, 0.2) is 0 Å². The molecule has 1 aliphatic carbocycles. The Morgan fingerprint density at radius 2 is 0.953 bits per heavy atom. The van der Waals surface area contributed by atoms with Crippen molar-refractivity contribution in [1.82, 2.24) is 0 Å². The van der Waals surface area contributed by atoms with Crippen LogP contribution in [-0.2, 0) is 59.9 Å². The molecule has 4 unspecified atom stereocenters. The van der Waals surface area contributed by atoms with E-state index in [9.17, 15) is 72.3 Å². The Kier molecular flexibility index (Phi) is 28.2. The number of terminal acetylenes is 1. The minimum atomic E-state index is -5.82. The van der Waals surface area contributed by atoms with Gasteiger partial charge in [0.25, 0.3) is 0 Å². The van der Waals surface area contributed by atoms with E-state index in [1.54, 1.807) is 0 Å². The Morgan fingerprint density at radius 3 is 1.39 bits per heavy atom. The third-order valence-corrected chi connectivity index (χ3v) is 10.9. The molecular formula is C38H52O22P4. The van der Waals surface area contributed by atoms with Gasteiger partial charge in [0.15, 0.2) is 6.10 Å². The third kappa shape index (κ3) is 28.5. The summed E-state index contributed by atoms with van der Waals surface area (Å²) >= 11 is 0. The van der Waals surface area contributed by atoms with Crippen LogP contribution >= 0.6 is 31.3 Å². The lowest BCUT2D eigenvalue weighted by atomic mass is 9.85. The van der Waals surface area contributed by atoms with Crippen LogP contribution < -0.4 is 0 Å². The van der Waals surface area contributed by atoms with Gasteiger partial charge in [-0.1, -0.05) is 84.0 Å². The van der Waals surface area contributed by atoms with Crippen LogP contribution in [0.25, 0.3) is 0 Å². The number of esters is 2. The van der Waals surface area contributed by atoms with E-state index in [1.165, 1.54) is 38.5 Å². The molecule has 0 spiro atoms. The fourth-order valence-electron chi connectivity index (χ4n) is 5.67. The number of rotatable bonds is 28. The van der Waals surface area contributed by atoms with Gasteiger partial charge in [-0.15, -0.1) is 6.42 Å². The maximum atomic E-state index is 13.1. The summed E-state index contributed by atoms with van der Waals surface area (Å²) in [5, 5.41) is 21.7. The molecular weight excluding hydrogens is 932 g/mol. The molecule has 0 aliphatic heterocycles. The zero-order chi connectivity index (χ0) is 48.2. The summed E-state index contributed by atoms with van der Waals surface area (Å²) in [5.74, 6) is 22.5. The van der Waals surface area contributed by atoms with Gasteiger partial charge < -0.3 is 53.9 Å². The summed E-state index contributed by atoms with van der Waals surface area (Å²) in [6, 6.07) is 0. The Labute approximate surface area is 371 Å². The fraction of sp³-hybridized carbons (Fsp3) is 0.632. The lowest BCUT2D eigenvalue weighted by Gasteiger charge is -2.45. The number of carbonyl (C=O) groups excluding carboxylic acids is 2. The van der Waals surface area contributed by atoms with Crippen LogP contribution in [0.2, 0.25) is 0 Å². The van der Waals surface area contributed by atoms with E-state index in [4.69, 9.17) is 24.9 Å². The maximum absolute atomic E-state index is 13.1. The Morgan fingerprint density at radius 1 is 0.547 bits per heavy atom. The molecule has 1 saturated carbocycles. The third-order valence-electron chi connectivity index (χ3n) is 8.37. The van der Waals surface area contributed by atoms with Crippen molar-refractivity contribution in [2.45, 2.75) is 140 Å². The molecule has 22 nitrogen and oxygen atoms in total. The summed E-state index contributed by atoms with van der Waals surface area (Å²) in [6.45, 7) is 0.186. The number of aliphatic hydroxyl groups excluding tert-OH is 2. The van der Waals surface area contributed by atoms with Crippen molar-refractivity contribution >= 4 is 43.2 Å². The lowest BCUT2D eigenvalue weighted by molar-refractivity contribution is -0.209. The van der Waals surface area contributed by atoms with Crippen LogP contribution in [0.3, 0.4) is 0 Å². The Hall–Kier alpha value is -3.34. The van der Waals surface area contributed by atoms with Crippen LogP contribution in [0, 0.1) is 71.5 Å². The molecule has 0 aromatic rings. The van der Waals surface area contributed by atoms with E-state index in [-0.39, 0.29) is 6.42 Å². The second-order valence-corrected chi connectivity index (χ2v) is 18.6. The molecule has 64 heavy (non-hydrogen) atoms. The van der Waals surface area contributed by atoms with Gasteiger partial charge in [0.1, 0.15) is 43.2 Å². The van der Waals surface area contributed by atoms with Crippen molar-refractivity contribution < 1.29 is 104 Å². The highest BCUT2D eigenvalue weighted by Crippen LogP contribution is 2.53. The first-order valence-electron chi connectivity index (χ1n) is 19.5. The molecule has 0 heterocycles. The van der Waals surface area contributed by atoms with Crippen LogP contribution in [0.5, 0.6) is 0 Å². The molecule has 0 radical (unpaired) electrons. The second-order valence-electron chi connectivity index (χ2n) is 13.6. The van der Waals surface area contributed by atoms with Gasteiger partial charge in [-0.3, -0.25) is 27.4 Å². The minimum absolute atomic E-state index is 0.132. The fourth-order valence-corrected chi connectivity index (χ4v) is 8.32. The molecule has 356 valence electrons. The van der Waals surface area contributed by atoms with Crippen LogP contribution in [0.1, 0.15) is 96.8 Å².